The average Bonchev–Trinajstić information content (AvgIpc) is 3.31. The predicted molar refractivity (Wildman–Crippen MR) is 110 cm³/mol. The minimum absolute atomic E-state index is 0.0603. The van der Waals surface area contributed by atoms with Crippen LogP contribution in [0.1, 0.15) is 43.6 Å². The van der Waals surface area contributed by atoms with E-state index in [9.17, 15) is 9.59 Å². The van der Waals surface area contributed by atoms with Crippen LogP contribution in [0.25, 0.3) is 0 Å². The molecule has 0 bridgehead atoms. The van der Waals surface area contributed by atoms with Crippen molar-refractivity contribution in [2.24, 2.45) is 5.92 Å². The van der Waals surface area contributed by atoms with Gasteiger partial charge >= 0.3 is 0 Å². The van der Waals surface area contributed by atoms with Crippen molar-refractivity contribution < 1.29 is 9.59 Å². The van der Waals surface area contributed by atoms with Crippen LogP contribution in [0.4, 0.5) is 0 Å². The summed E-state index contributed by atoms with van der Waals surface area (Å²) in [6.45, 7) is 2.65. The molecule has 27 heavy (non-hydrogen) atoms. The van der Waals surface area contributed by atoms with E-state index in [4.69, 9.17) is 11.6 Å². The summed E-state index contributed by atoms with van der Waals surface area (Å²) in [6, 6.07) is 7.82. The molecular formula is C21H27ClN2O2S. The number of amides is 2. The molecule has 2 atom stereocenters. The van der Waals surface area contributed by atoms with Crippen LogP contribution < -0.4 is 0 Å². The Bertz CT molecular complexity index is 699. The van der Waals surface area contributed by atoms with Crippen LogP contribution in [0.2, 0.25) is 5.02 Å². The Kier molecular flexibility index (Phi) is 5.98. The first-order chi connectivity index (χ1) is 13.1. The third kappa shape index (κ3) is 4.45. The van der Waals surface area contributed by atoms with Crippen molar-refractivity contribution in [3.8, 4) is 0 Å². The number of carbonyl (C=O) groups excluding carboxylic acids is 2. The van der Waals surface area contributed by atoms with E-state index in [0.29, 0.717) is 37.2 Å². The average molecular weight is 407 g/mol. The lowest BCUT2D eigenvalue weighted by Gasteiger charge is -2.35. The number of hydrogen-bond acceptors (Lipinski definition) is 3. The van der Waals surface area contributed by atoms with Crippen molar-refractivity contribution >= 4 is 35.2 Å². The van der Waals surface area contributed by atoms with Gasteiger partial charge in [0.05, 0.1) is 5.75 Å². The van der Waals surface area contributed by atoms with Crippen LogP contribution >= 0.6 is 23.4 Å². The highest BCUT2D eigenvalue weighted by molar-refractivity contribution is 8.00. The fourth-order valence-corrected chi connectivity index (χ4v) is 5.84. The second kappa shape index (κ2) is 8.44. The fraction of sp³-hybridized carbons (Fsp3) is 0.619. The molecule has 1 aliphatic heterocycles. The maximum atomic E-state index is 12.8. The van der Waals surface area contributed by atoms with Crippen LogP contribution in [-0.2, 0) is 9.59 Å². The number of benzene rings is 1. The van der Waals surface area contributed by atoms with Gasteiger partial charge in [0.25, 0.3) is 0 Å². The first-order valence-corrected chi connectivity index (χ1v) is 11.5. The quantitative estimate of drug-likeness (QED) is 0.746. The maximum Gasteiger partial charge on any atom is 0.232 e. The van der Waals surface area contributed by atoms with Gasteiger partial charge in [-0.3, -0.25) is 9.59 Å². The Balaban J connectivity index is 1.23. The summed E-state index contributed by atoms with van der Waals surface area (Å²) in [5, 5.41) is 1.43. The second-order valence-corrected chi connectivity index (χ2v) is 9.59. The lowest BCUT2D eigenvalue weighted by Crippen LogP contribution is -2.51. The fourth-order valence-electron chi connectivity index (χ4n) is 4.33. The Morgan fingerprint density at radius 2 is 1.70 bits per heavy atom. The van der Waals surface area contributed by atoms with Gasteiger partial charge in [0, 0.05) is 42.4 Å². The summed E-state index contributed by atoms with van der Waals surface area (Å²) < 4.78 is 0. The third-order valence-corrected chi connectivity index (χ3v) is 7.80. The summed E-state index contributed by atoms with van der Waals surface area (Å²) in [7, 11) is 0. The molecule has 2 saturated carbocycles. The van der Waals surface area contributed by atoms with Crippen molar-refractivity contribution in [3.63, 3.8) is 0 Å². The molecule has 3 aliphatic rings. The zero-order chi connectivity index (χ0) is 18.8. The SMILES string of the molecule is O=C(CSC1CCCC1)N1CCN(C(=O)[C@H]2C[C@@H]2c2ccccc2Cl)CC1. The van der Waals surface area contributed by atoms with E-state index in [1.54, 1.807) is 0 Å². The number of nitrogens with zero attached hydrogens (tertiary/aromatic N) is 2. The number of piperazine rings is 1. The molecule has 4 rings (SSSR count). The summed E-state index contributed by atoms with van der Waals surface area (Å²) >= 11 is 8.10. The second-order valence-electron chi connectivity index (χ2n) is 7.89. The standard InChI is InChI=1S/C21H27ClN2O2S/c22-19-8-4-3-7-16(19)17-13-18(17)21(26)24-11-9-23(10-12-24)20(25)14-27-15-5-1-2-6-15/h3-4,7-8,15,17-18H,1-2,5-6,9-14H2/t17-,18+/m1/s1. The molecule has 0 N–H and O–H groups in total. The third-order valence-electron chi connectivity index (χ3n) is 6.10. The van der Waals surface area contributed by atoms with Crippen molar-refractivity contribution in [1.29, 1.82) is 0 Å². The lowest BCUT2D eigenvalue weighted by atomic mass is 10.1. The molecule has 6 heteroatoms. The minimum atomic E-state index is 0.0603. The molecule has 0 radical (unpaired) electrons. The van der Waals surface area contributed by atoms with E-state index < -0.39 is 0 Å². The molecule has 2 amide bonds. The Labute approximate surface area is 170 Å². The van der Waals surface area contributed by atoms with E-state index in [-0.39, 0.29) is 23.7 Å². The number of halogens is 1. The number of thioether (sulfide) groups is 1. The lowest BCUT2D eigenvalue weighted by molar-refractivity contribution is -0.139. The molecule has 4 nitrogen and oxygen atoms in total. The van der Waals surface area contributed by atoms with Crippen molar-refractivity contribution in [1.82, 2.24) is 9.80 Å². The van der Waals surface area contributed by atoms with Gasteiger partial charge in [-0.15, -0.1) is 11.8 Å². The highest BCUT2D eigenvalue weighted by Gasteiger charge is 2.46. The monoisotopic (exact) mass is 406 g/mol. The molecule has 1 aromatic rings. The van der Waals surface area contributed by atoms with E-state index in [1.165, 1.54) is 25.7 Å². The Morgan fingerprint density at radius 3 is 2.41 bits per heavy atom. The van der Waals surface area contributed by atoms with Crippen LogP contribution in [0, 0.1) is 5.92 Å². The molecule has 146 valence electrons. The van der Waals surface area contributed by atoms with Gasteiger partial charge < -0.3 is 9.80 Å². The highest BCUT2D eigenvalue weighted by Crippen LogP contribution is 2.50. The molecule has 2 aliphatic carbocycles. The topological polar surface area (TPSA) is 40.6 Å². The molecule has 0 unspecified atom stereocenters. The van der Waals surface area contributed by atoms with Crippen LogP contribution in [0.3, 0.4) is 0 Å². The van der Waals surface area contributed by atoms with E-state index in [2.05, 4.69) is 0 Å². The number of hydrogen-bond donors (Lipinski definition) is 0. The first kappa shape index (κ1) is 19.1. The van der Waals surface area contributed by atoms with Crippen molar-refractivity contribution in [3.05, 3.63) is 34.9 Å². The van der Waals surface area contributed by atoms with Gasteiger partial charge in [0.15, 0.2) is 0 Å². The number of rotatable bonds is 5. The minimum Gasteiger partial charge on any atom is -0.339 e. The molecule has 1 heterocycles. The summed E-state index contributed by atoms with van der Waals surface area (Å²) in [5.41, 5.74) is 1.09. The molecular weight excluding hydrogens is 380 g/mol. The van der Waals surface area contributed by atoms with Gasteiger partial charge in [0.1, 0.15) is 0 Å². The smallest absolute Gasteiger partial charge is 0.232 e. The van der Waals surface area contributed by atoms with Gasteiger partial charge in [-0.1, -0.05) is 42.6 Å². The van der Waals surface area contributed by atoms with E-state index >= 15 is 0 Å². The summed E-state index contributed by atoms with van der Waals surface area (Å²) in [6.07, 6.45) is 6.02. The van der Waals surface area contributed by atoms with Crippen LogP contribution in [-0.4, -0.2) is 58.8 Å². The van der Waals surface area contributed by atoms with Crippen LogP contribution in [0.5, 0.6) is 0 Å². The molecule has 0 spiro atoms. The van der Waals surface area contributed by atoms with Crippen molar-refractivity contribution in [2.75, 3.05) is 31.9 Å². The Morgan fingerprint density at radius 1 is 1.04 bits per heavy atom. The van der Waals surface area contributed by atoms with E-state index in [1.807, 2.05) is 45.8 Å². The van der Waals surface area contributed by atoms with Gasteiger partial charge in [-0.2, -0.15) is 0 Å². The zero-order valence-corrected chi connectivity index (χ0v) is 17.2. The van der Waals surface area contributed by atoms with Crippen LogP contribution in [0.15, 0.2) is 24.3 Å². The summed E-state index contributed by atoms with van der Waals surface area (Å²) in [5.74, 6) is 1.38. The van der Waals surface area contributed by atoms with Gasteiger partial charge in [0.2, 0.25) is 11.8 Å². The molecule has 3 fully saturated rings. The van der Waals surface area contributed by atoms with Gasteiger partial charge in [-0.05, 0) is 36.8 Å². The Hall–Kier alpha value is -1.20. The molecule has 0 aromatic heterocycles. The first-order valence-electron chi connectivity index (χ1n) is 10.1. The number of carbonyl (C=O) groups is 2. The molecule has 1 aromatic carbocycles. The normalized spacial score (nSPS) is 25.7. The maximum absolute atomic E-state index is 12.8. The predicted octanol–water partition coefficient (Wildman–Crippen LogP) is 3.79. The van der Waals surface area contributed by atoms with E-state index in [0.717, 1.165) is 17.0 Å². The largest absolute Gasteiger partial charge is 0.339 e. The highest BCUT2D eigenvalue weighted by atomic mass is 35.5. The molecule has 1 saturated heterocycles. The zero-order valence-electron chi connectivity index (χ0n) is 15.6. The van der Waals surface area contributed by atoms with Gasteiger partial charge in [-0.25, -0.2) is 0 Å². The summed E-state index contributed by atoms with van der Waals surface area (Å²) in [4.78, 5) is 29.1. The van der Waals surface area contributed by atoms with Crippen molar-refractivity contribution in [2.45, 2.75) is 43.3 Å².